The van der Waals surface area contributed by atoms with Crippen LogP contribution >= 0.6 is 34.9 Å². The van der Waals surface area contributed by atoms with E-state index in [9.17, 15) is 9.59 Å². The molecule has 2 aromatic carbocycles. The van der Waals surface area contributed by atoms with E-state index < -0.39 is 0 Å². The highest BCUT2D eigenvalue weighted by Gasteiger charge is 2.36. The average Bonchev–Trinajstić information content (AvgIpc) is 3.30. The van der Waals surface area contributed by atoms with Gasteiger partial charge in [-0.05, 0) is 43.7 Å². The molecule has 3 unspecified atom stereocenters. The van der Waals surface area contributed by atoms with E-state index in [2.05, 4.69) is 33.8 Å². The zero-order valence-corrected chi connectivity index (χ0v) is 22.3. The van der Waals surface area contributed by atoms with Crippen LogP contribution in [-0.2, 0) is 4.79 Å². The molecule has 0 radical (unpaired) electrons. The van der Waals surface area contributed by atoms with E-state index in [-0.39, 0.29) is 28.5 Å². The number of fused-ring (bicyclic) bond motifs is 2. The van der Waals surface area contributed by atoms with E-state index in [1.807, 2.05) is 78.7 Å². The number of urea groups is 1. The summed E-state index contributed by atoms with van der Waals surface area (Å²) >= 11 is 4.69. The highest BCUT2D eigenvalue weighted by molar-refractivity contribution is 8.00. The number of thiazole rings is 1. The zero-order valence-electron chi connectivity index (χ0n) is 19.9. The first-order valence-electron chi connectivity index (χ1n) is 11.7. The minimum atomic E-state index is -0.272. The standard InChI is InChI=1S/C27H26N4O2S3/c1-3-22(25(32)30-26-28-17(2)16-34-26)35-19-10-8-9-18(15-19)29-27(33)31-20-11-4-6-13-23(20)36-24-14-7-5-12-21(24)31/h4-16,20,22-23H,3H2,1-2H3,(H,29,33)(H,28,30,32). The van der Waals surface area contributed by atoms with Crippen LogP contribution in [-0.4, -0.2) is 33.5 Å². The summed E-state index contributed by atoms with van der Waals surface area (Å²) in [4.78, 5) is 34.6. The summed E-state index contributed by atoms with van der Waals surface area (Å²) in [6.45, 7) is 3.89. The van der Waals surface area contributed by atoms with E-state index >= 15 is 0 Å². The fourth-order valence-electron chi connectivity index (χ4n) is 4.14. The lowest BCUT2D eigenvalue weighted by molar-refractivity contribution is -0.115. The number of aryl methyl sites for hydroxylation is 1. The Morgan fingerprint density at radius 3 is 2.75 bits per heavy atom. The van der Waals surface area contributed by atoms with Crippen molar-refractivity contribution in [2.24, 2.45) is 0 Å². The SMILES string of the molecule is CCC(Sc1cccc(NC(=O)N2c3ccccc3SC3C=CC=CC32)c1)C(=O)Nc1nc(C)cs1. The van der Waals surface area contributed by atoms with Crippen LogP contribution in [0, 0.1) is 6.92 Å². The topological polar surface area (TPSA) is 74.3 Å². The van der Waals surface area contributed by atoms with Crippen molar-refractivity contribution in [3.8, 4) is 0 Å². The van der Waals surface area contributed by atoms with Crippen molar-refractivity contribution >= 4 is 63.3 Å². The zero-order chi connectivity index (χ0) is 25.1. The lowest BCUT2D eigenvalue weighted by Gasteiger charge is -2.40. The number of rotatable bonds is 6. The van der Waals surface area contributed by atoms with Gasteiger partial charge in [0, 0.05) is 20.9 Å². The van der Waals surface area contributed by atoms with Gasteiger partial charge < -0.3 is 10.6 Å². The number of benzene rings is 2. The number of aromatic nitrogens is 1. The number of allylic oxidation sites excluding steroid dienone is 2. The summed E-state index contributed by atoms with van der Waals surface area (Å²) in [5.41, 5.74) is 2.49. The Bertz CT molecular complexity index is 1340. The quantitative estimate of drug-likeness (QED) is 0.334. The van der Waals surface area contributed by atoms with Crippen LogP contribution in [0.3, 0.4) is 0 Å². The van der Waals surface area contributed by atoms with Crippen LogP contribution in [0.4, 0.5) is 21.3 Å². The van der Waals surface area contributed by atoms with Gasteiger partial charge in [0.1, 0.15) is 0 Å². The summed E-state index contributed by atoms with van der Waals surface area (Å²) in [6.07, 6.45) is 8.92. The molecule has 9 heteroatoms. The van der Waals surface area contributed by atoms with Crippen LogP contribution in [0.2, 0.25) is 0 Å². The average molecular weight is 535 g/mol. The predicted octanol–water partition coefficient (Wildman–Crippen LogP) is 6.97. The molecular formula is C27H26N4O2S3. The minimum absolute atomic E-state index is 0.0601. The molecule has 1 aromatic heterocycles. The van der Waals surface area contributed by atoms with Crippen LogP contribution in [0.15, 0.2) is 88.0 Å². The molecule has 3 aromatic rings. The van der Waals surface area contributed by atoms with Crippen LogP contribution in [0.5, 0.6) is 0 Å². The molecule has 2 heterocycles. The molecule has 0 saturated carbocycles. The lowest BCUT2D eigenvalue weighted by atomic mass is 10.1. The van der Waals surface area contributed by atoms with Gasteiger partial charge in [-0.25, -0.2) is 9.78 Å². The van der Waals surface area contributed by atoms with Crippen molar-refractivity contribution in [1.82, 2.24) is 4.98 Å². The summed E-state index contributed by atoms with van der Waals surface area (Å²) in [6, 6.07) is 15.4. The number of hydrogen-bond acceptors (Lipinski definition) is 6. The molecule has 5 rings (SSSR count). The van der Waals surface area contributed by atoms with Gasteiger partial charge >= 0.3 is 6.03 Å². The summed E-state index contributed by atoms with van der Waals surface area (Å²) in [5.74, 6) is -0.0723. The molecule has 1 aliphatic carbocycles. The molecule has 2 aliphatic rings. The number of carbonyl (C=O) groups excluding carboxylic acids is 2. The van der Waals surface area contributed by atoms with Crippen LogP contribution in [0.1, 0.15) is 19.0 Å². The van der Waals surface area contributed by atoms with Crippen molar-refractivity contribution in [2.45, 2.75) is 46.6 Å². The predicted molar refractivity (Wildman–Crippen MR) is 152 cm³/mol. The molecule has 2 N–H and O–H groups in total. The number of thioether (sulfide) groups is 2. The van der Waals surface area contributed by atoms with Gasteiger partial charge in [-0.1, -0.05) is 49.4 Å². The Morgan fingerprint density at radius 2 is 1.94 bits per heavy atom. The van der Waals surface area contributed by atoms with Crippen molar-refractivity contribution in [3.05, 3.63) is 83.9 Å². The number of hydrogen-bond donors (Lipinski definition) is 2. The van der Waals surface area contributed by atoms with Crippen molar-refractivity contribution in [3.63, 3.8) is 0 Å². The maximum atomic E-state index is 13.6. The first-order chi connectivity index (χ1) is 17.5. The summed E-state index contributed by atoms with van der Waals surface area (Å²) in [5, 5.41) is 8.43. The Balaban J connectivity index is 1.31. The Morgan fingerprint density at radius 1 is 1.11 bits per heavy atom. The Hall–Kier alpha value is -3.01. The first-order valence-corrected chi connectivity index (χ1v) is 14.4. The molecule has 0 spiro atoms. The second-order valence-electron chi connectivity index (χ2n) is 8.44. The van der Waals surface area contributed by atoms with Crippen molar-refractivity contribution < 1.29 is 9.59 Å². The second kappa shape index (κ2) is 10.9. The Labute approximate surface area is 223 Å². The van der Waals surface area contributed by atoms with Gasteiger partial charge in [0.15, 0.2) is 5.13 Å². The van der Waals surface area contributed by atoms with E-state index in [0.717, 1.165) is 21.2 Å². The Kier molecular flexibility index (Phi) is 7.50. The van der Waals surface area contributed by atoms with Crippen LogP contribution in [0.25, 0.3) is 0 Å². The van der Waals surface area contributed by atoms with Gasteiger partial charge in [-0.2, -0.15) is 0 Å². The lowest BCUT2D eigenvalue weighted by Crippen LogP contribution is -2.49. The second-order valence-corrected chi connectivity index (χ2v) is 11.8. The number of nitrogens with one attached hydrogen (secondary N) is 2. The molecule has 36 heavy (non-hydrogen) atoms. The fourth-order valence-corrected chi connectivity index (χ4v) is 7.10. The molecule has 0 fully saturated rings. The maximum Gasteiger partial charge on any atom is 0.326 e. The monoisotopic (exact) mass is 534 g/mol. The third kappa shape index (κ3) is 5.38. The first kappa shape index (κ1) is 24.7. The largest absolute Gasteiger partial charge is 0.326 e. The third-order valence-corrected chi connectivity index (χ3v) is 9.38. The highest BCUT2D eigenvalue weighted by atomic mass is 32.2. The number of nitrogens with zero attached hydrogens (tertiary/aromatic N) is 2. The van der Waals surface area contributed by atoms with E-state index in [0.29, 0.717) is 17.2 Å². The van der Waals surface area contributed by atoms with E-state index in [1.165, 1.54) is 23.1 Å². The van der Waals surface area contributed by atoms with Crippen LogP contribution < -0.4 is 15.5 Å². The normalized spacial score (nSPS) is 18.8. The number of carbonyl (C=O) groups is 2. The minimum Gasteiger partial charge on any atom is -0.307 e. The molecule has 3 amide bonds. The number of amides is 3. The van der Waals surface area contributed by atoms with Gasteiger partial charge in [0.05, 0.1) is 27.9 Å². The van der Waals surface area contributed by atoms with Gasteiger partial charge in [0.2, 0.25) is 5.91 Å². The number of para-hydroxylation sites is 1. The molecular weight excluding hydrogens is 509 g/mol. The molecule has 184 valence electrons. The molecule has 6 nitrogen and oxygen atoms in total. The molecule has 0 saturated heterocycles. The number of anilines is 3. The van der Waals surface area contributed by atoms with Crippen molar-refractivity contribution in [2.75, 3.05) is 15.5 Å². The fraction of sp³-hybridized carbons (Fsp3) is 0.222. The van der Waals surface area contributed by atoms with Crippen molar-refractivity contribution in [1.29, 1.82) is 0 Å². The third-order valence-electron chi connectivity index (χ3n) is 5.84. The van der Waals surface area contributed by atoms with Gasteiger partial charge in [-0.15, -0.1) is 34.9 Å². The summed E-state index contributed by atoms with van der Waals surface area (Å²) < 4.78 is 0. The molecule has 3 atom stereocenters. The molecule has 1 aliphatic heterocycles. The molecule has 0 bridgehead atoms. The van der Waals surface area contributed by atoms with Gasteiger partial charge in [0.25, 0.3) is 0 Å². The maximum absolute atomic E-state index is 13.6. The highest BCUT2D eigenvalue weighted by Crippen LogP contribution is 2.43. The summed E-state index contributed by atoms with van der Waals surface area (Å²) in [7, 11) is 0. The smallest absolute Gasteiger partial charge is 0.307 e. The van der Waals surface area contributed by atoms with E-state index in [1.54, 1.807) is 11.8 Å². The van der Waals surface area contributed by atoms with E-state index in [4.69, 9.17) is 0 Å². The van der Waals surface area contributed by atoms with Gasteiger partial charge in [-0.3, -0.25) is 9.69 Å².